The van der Waals surface area contributed by atoms with Crippen molar-refractivity contribution >= 4 is 0 Å². The fraction of sp³-hybridized carbons (Fsp3) is 1.00. The van der Waals surface area contributed by atoms with E-state index in [2.05, 4.69) is 33.0 Å². The van der Waals surface area contributed by atoms with Gasteiger partial charge in [0.2, 0.25) is 0 Å². The van der Waals surface area contributed by atoms with E-state index in [1.165, 1.54) is 0 Å². The van der Waals surface area contributed by atoms with Gasteiger partial charge in [-0.15, -0.1) is 0 Å². The van der Waals surface area contributed by atoms with Gasteiger partial charge in [0.05, 0.1) is 0 Å². The second kappa shape index (κ2) is 3.94. The number of aliphatic hydroxyl groups is 1. The molecule has 62 valence electrons. The van der Waals surface area contributed by atoms with E-state index < -0.39 is 0 Å². The molecule has 0 aromatic carbocycles. The maximum absolute atomic E-state index is 8.67. The summed E-state index contributed by atoms with van der Waals surface area (Å²) in [6.45, 7) is 8.68. The molecule has 2 heteroatoms. The summed E-state index contributed by atoms with van der Waals surface area (Å²) < 4.78 is 0. The molecular formula is C8H19NO. The van der Waals surface area contributed by atoms with Crippen LogP contribution in [0.25, 0.3) is 0 Å². The highest BCUT2D eigenvalue weighted by Crippen LogP contribution is 2.07. The third kappa shape index (κ3) is 4.77. The third-order valence-corrected chi connectivity index (χ3v) is 1.42. The molecule has 0 spiro atoms. The maximum Gasteiger partial charge on any atom is 0.0448 e. The summed E-state index contributed by atoms with van der Waals surface area (Å²) in [5.74, 6) is 0. The molecule has 0 bridgehead atoms. The van der Waals surface area contributed by atoms with Crippen molar-refractivity contribution < 1.29 is 5.11 Å². The minimum Gasteiger partial charge on any atom is -0.396 e. The van der Waals surface area contributed by atoms with Gasteiger partial charge >= 0.3 is 0 Å². The average Bonchev–Trinajstić information content (AvgIpc) is 1.59. The standard InChI is InChI=1S/C8H19NO/c1-7(2)9-8(3,4)5-6-10/h7,9-10H,5-6H2,1-4H3. The smallest absolute Gasteiger partial charge is 0.0448 e. The van der Waals surface area contributed by atoms with E-state index in [4.69, 9.17) is 5.11 Å². The molecular weight excluding hydrogens is 126 g/mol. The highest BCUT2D eigenvalue weighted by Gasteiger charge is 2.16. The van der Waals surface area contributed by atoms with Crippen LogP contribution in [0.5, 0.6) is 0 Å². The van der Waals surface area contributed by atoms with Gasteiger partial charge in [-0.25, -0.2) is 0 Å². The van der Waals surface area contributed by atoms with Crippen LogP contribution in [0.15, 0.2) is 0 Å². The van der Waals surface area contributed by atoms with Gasteiger partial charge in [0, 0.05) is 18.2 Å². The van der Waals surface area contributed by atoms with Crippen molar-refractivity contribution in [2.45, 2.75) is 45.7 Å². The lowest BCUT2D eigenvalue weighted by Crippen LogP contribution is -2.44. The lowest BCUT2D eigenvalue weighted by Gasteiger charge is -2.27. The van der Waals surface area contributed by atoms with Gasteiger partial charge in [0.1, 0.15) is 0 Å². The summed E-state index contributed by atoms with van der Waals surface area (Å²) in [7, 11) is 0. The molecule has 2 N–H and O–H groups in total. The van der Waals surface area contributed by atoms with Gasteiger partial charge in [-0.3, -0.25) is 0 Å². The summed E-state index contributed by atoms with van der Waals surface area (Å²) in [5, 5.41) is 12.0. The Morgan fingerprint density at radius 3 is 2.20 bits per heavy atom. The zero-order valence-electron chi connectivity index (χ0n) is 7.44. The van der Waals surface area contributed by atoms with Crippen LogP contribution in [0.3, 0.4) is 0 Å². The Labute approximate surface area is 63.6 Å². The minimum atomic E-state index is 0.0723. The number of nitrogens with one attached hydrogen (secondary N) is 1. The molecule has 0 heterocycles. The molecule has 0 saturated carbocycles. The summed E-state index contributed by atoms with van der Waals surface area (Å²) in [6, 6.07) is 0.488. The van der Waals surface area contributed by atoms with E-state index in [0.717, 1.165) is 6.42 Å². The first-order chi connectivity index (χ1) is 4.48. The van der Waals surface area contributed by atoms with Crippen LogP contribution in [0, 0.1) is 0 Å². The van der Waals surface area contributed by atoms with Crippen LogP contribution >= 0.6 is 0 Å². The summed E-state index contributed by atoms with van der Waals surface area (Å²) in [6.07, 6.45) is 0.811. The maximum atomic E-state index is 8.67. The quantitative estimate of drug-likeness (QED) is 0.622. The van der Waals surface area contributed by atoms with Crippen molar-refractivity contribution in [3.8, 4) is 0 Å². The first-order valence-electron chi connectivity index (χ1n) is 3.86. The first-order valence-corrected chi connectivity index (χ1v) is 3.86. The van der Waals surface area contributed by atoms with Crippen LogP contribution < -0.4 is 5.32 Å². The molecule has 0 unspecified atom stereocenters. The molecule has 0 aromatic heterocycles. The van der Waals surface area contributed by atoms with Gasteiger partial charge < -0.3 is 10.4 Å². The molecule has 0 rings (SSSR count). The topological polar surface area (TPSA) is 32.3 Å². The molecule has 0 atom stereocenters. The average molecular weight is 145 g/mol. The molecule has 10 heavy (non-hydrogen) atoms. The van der Waals surface area contributed by atoms with E-state index in [1.807, 2.05) is 0 Å². The van der Waals surface area contributed by atoms with E-state index in [9.17, 15) is 0 Å². The highest BCUT2D eigenvalue weighted by molar-refractivity contribution is 4.78. The summed E-state index contributed by atoms with van der Waals surface area (Å²) in [5.41, 5.74) is 0.0723. The third-order valence-electron chi connectivity index (χ3n) is 1.42. The fourth-order valence-corrected chi connectivity index (χ4v) is 1.13. The Morgan fingerprint density at radius 1 is 1.40 bits per heavy atom. The first kappa shape index (κ1) is 9.92. The van der Waals surface area contributed by atoms with Crippen LogP contribution in [0.1, 0.15) is 34.1 Å². The summed E-state index contributed by atoms with van der Waals surface area (Å²) in [4.78, 5) is 0. The van der Waals surface area contributed by atoms with Crippen LogP contribution in [0.4, 0.5) is 0 Å². The molecule has 0 aliphatic carbocycles. The van der Waals surface area contributed by atoms with Crippen molar-refractivity contribution in [1.82, 2.24) is 5.32 Å². The lowest BCUT2D eigenvalue weighted by molar-refractivity contribution is 0.223. The van der Waals surface area contributed by atoms with E-state index in [1.54, 1.807) is 0 Å². The molecule has 0 amide bonds. The Bertz CT molecular complexity index is 89.3. The molecule has 2 nitrogen and oxygen atoms in total. The van der Waals surface area contributed by atoms with E-state index in [0.29, 0.717) is 6.04 Å². The molecule has 0 aliphatic heterocycles. The van der Waals surface area contributed by atoms with Gasteiger partial charge in [0.15, 0.2) is 0 Å². The van der Waals surface area contributed by atoms with Gasteiger partial charge in [0.25, 0.3) is 0 Å². The monoisotopic (exact) mass is 145 g/mol. The predicted octanol–water partition coefficient (Wildman–Crippen LogP) is 1.15. The summed E-state index contributed by atoms with van der Waals surface area (Å²) >= 11 is 0. The number of hydrogen-bond donors (Lipinski definition) is 2. The molecule has 0 saturated heterocycles. The molecule has 0 radical (unpaired) electrons. The zero-order valence-corrected chi connectivity index (χ0v) is 7.44. The van der Waals surface area contributed by atoms with Crippen LogP contribution in [-0.4, -0.2) is 23.3 Å². The fourth-order valence-electron chi connectivity index (χ4n) is 1.13. The van der Waals surface area contributed by atoms with Crippen molar-refractivity contribution in [2.24, 2.45) is 0 Å². The minimum absolute atomic E-state index is 0.0723. The Morgan fingerprint density at radius 2 is 1.90 bits per heavy atom. The SMILES string of the molecule is CC(C)NC(C)(C)CCO. The number of aliphatic hydroxyl groups excluding tert-OH is 1. The molecule has 0 fully saturated rings. The van der Waals surface area contributed by atoms with Crippen molar-refractivity contribution in [1.29, 1.82) is 0 Å². The van der Waals surface area contributed by atoms with Crippen LogP contribution in [-0.2, 0) is 0 Å². The lowest BCUT2D eigenvalue weighted by atomic mass is 10.0. The van der Waals surface area contributed by atoms with Gasteiger partial charge in [-0.2, -0.15) is 0 Å². The van der Waals surface area contributed by atoms with Crippen molar-refractivity contribution in [3.63, 3.8) is 0 Å². The van der Waals surface area contributed by atoms with Crippen LogP contribution in [0.2, 0.25) is 0 Å². The second-order valence-corrected chi connectivity index (χ2v) is 3.66. The van der Waals surface area contributed by atoms with Gasteiger partial charge in [-0.1, -0.05) is 13.8 Å². The largest absolute Gasteiger partial charge is 0.396 e. The zero-order chi connectivity index (χ0) is 8.20. The highest BCUT2D eigenvalue weighted by atomic mass is 16.3. The normalized spacial score (nSPS) is 12.6. The molecule has 0 aromatic rings. The Balaban J connectivity index is 3.63. The van der Waals surface area contributed by atoms with E-state index >= 15 is 0 Å². The second-order valence-electron chi connectivity index (χ2n) is 3.66. The van der Waals surface area contributed by atoms with Gasteiger partial charge in [-0.05, 0) is 20.3 Å². The number of hydrogen-bond acceptors (Lipinski definition) is 2. The van der Waals surface area contributed by atoms with Crippen molar-refractivity contribution in [3.05, 3.63) is 0 Å². The van der Waals surface area contributed by atoms with E-state index in [-0.39, 0.29) is 12.1 Å². The van der Waals surface area contributed by atoms with Crippen molar-refractivity contribution in [2.75, 3.05) is 6.61 Å². The Kier molecular flexibility index (Phi) is 3.91. The molecule has 0 aliphatic rings. The predicted molar refractivity (Wildman–Crippen MR) is 44.1 cm³/mol. The number of rotatable bonds is 4. The Hall–Kier alpha value is -0.0800.